The molecule has 1 saturated heterocycles. The van der Waals surface area contributed by atoms with Crippen LogP contribution >= 0.6 is 0 Å². The van der Waals surface area contributed by atoms with Crippen LogP contribution in [0.15, 0.2) is 24.3 Å². The summed E-state index contributed by atoms with van der Waals surface area (Å²) in [6, 6.07) is 6.25. The number of rotatable bonds is 8. The predicted octanol–water partition coefficient (Wildman–Crippen LogP) is 2.15. The summed E-state index contributed by atoms with van der Waals surface area (Å²) >= 11 is 0. The van der Waals surface area contributed by atoms with Crippen LogP contribution in [-0.4, -0.2) is 50.1 Å². The number of piperidine rings is 1. The Hall–Kier alpha value is -1.95. The topological polar surface area (TPSA) is 58.6 Å². The Morgan fingerprint density at radius 3 is 2.56 bits per heavy atom. The molecule has 6 heteroatoms. The average molecular weight is 350 g/mol. The second kappa shape index (κ2) is 10.1. The first-order chi connectivity index (χ1) is 12.1. The smallest absolute Gasteiger partial charge is 0.223 e. The van der Waals surface area contributed by atoms with E-state index in [9.17, 15) is 14.0 Å². The van der Waals surface area contributed by atoms with Gasteiger partial charge in [0.1, 0.15) is 5.82 Å². The zero-order chi connectivity index (χ0) is 18.1. The molecule has 5 nitrogen and oxygen atoms in total. The first-order valence-corrected chi connectivity index (χ1v) is 8.89. The maximum absolute atomic E-state index is 12.9. The Kier molecular flexibility index (Phi) is 7.85. The molecule has 1 aliphatic rings. The Morgan fingerprint density at radius 1 is 1.24 bits per heavy atom. The molecule has 2 amide bonds. The van der Waals surface area contributed by atoms with E-state index in [0.717, 1.165) is 12.0 Å². The van der Waals surface area contributed by atoms with Crippen molar-refractivity contribution >= 4 is 11.8 Å². The van der Waals surface area contributed by atoms with E-state index in [0.29, 0.717) is 51.9 Å². The van der Waals surface area contributed by atoms with Gasteiger partial charge < -0.3 is 15.0 Å². The summed E-state index contributed by atoms with van der Waals surface area (Å²) in [5.41, 5.74) is 0.958. The van der Waals surface area contributed by atoms with E-state index >= 15 is 0 Å². The molecule has 1 aromatic rings. The zero-order valence-corrected chi connectivity index (χ0v) is 14.8. The molecule has 0 aliphatic carbocycles. The van der Waals surface area contributed by atoms with Gasteiger partial charge in [-0.05, 0) is 43.4 Å². The van der Waals surface area contributed by atoms with Crippen LogP contribution in [0.5, 0.6) is 0 Å². The molecule has 0 radical (unpaired) electrons. The first-order valence-electron chi connectivity index (χ1n) is 8.89. The third-order valence-electron chi connectivity index (χ3n) is 4.58. The van der Waals surface area contributed by atoms with Gasteiger partial charge in [0, 0.05) is 45.7 Å². The van der Waals surface area contributed by atoms with Crippen LogP contribution in [0.4, 0.5) is 4.39 Å². The molecule has 138 valence electrons. The van der Waals surface area contributed by atoms with E-state index < -0.39 is 0 Å². The minimum atomic E-state index is -0.266. The number of carbonyl (C=O) groups is 2. The van der Waals surface area contributed by atoms with Crippen molar-refractivity contribution in [1.29, 1.82) is 0 Å². The highest BCUT2D eigenvalue weighted by molar-refractivity contribution is 5.80. The molecular weight excluding hydrogens is 323 g/mol. The lowest BCUT2D eigenvalue weighted by atomic mass is 9.95. The molecule has 25 heavy (non-hydrogen) atoms. The number of benzene rings is 1. The summed E-state index contributed by atoms with van der Waals surface area (Å²) in [4.78, 5) is 26.2. The number of nitrogens with zero attached hydrogens (tertiary/aromatic N) is 1. The maximum atomic E-state index is 12.9. The monoisotopic (exact) mass is 350 g/mol. The number of aryl methyl sites for hydroxylation is 1. The van der Waals surface area contributed by atoms with E-state index in [1.807, 2.05) is 4.90 Å². The Balaban J connectivity index is 1.67. The van der Waals surface area contributed by atoms with Gasteiger partial charge in [0.05, 0.1) is 0 Å². The lowest BCUT2D eigenvalue weighted by molar-refractivity contribution is -0.135. The second-order valence-electron chi connectivity index (χ2n) is 6.42. The number of methoxy groups -OCH3 is 1. The van der Waals surface area contributed by atoms with Gasteiger partial charge >= 0.3 is 0 Å². The highest BCUT2D eigenvalue weighted by Gasteiger charge is 2.26. The number of amides is 2. The largest absolute Gasteiger partial charge is 0.385 e. The van der Waals surface area contributed by atoms with Crippen LogP contribution in [0.3, 0.4) is 0 Å². The Labute approximate surface area is 148 Å². The molecule has 0 bridgehead atoms. The minimum absolute atomic E-state index is 0.0105. The van der Waals surface area contributed by atoms with Crippen molar-refractivity contribution in [2.24, 2.45) is 5.92 Å². The molecule has 1 aromatic carbocycles. The molecule has 1 heterocycles. The summed E-state index contributed by atoms with van der Waals surface area (Å²) in [6.45, 7) is 2.52. The van der Waals surface area contributed by atoms with E-state index in [2.05, 4.69) is 5.32 Å². The Bertz CT molecular complexity index is 554. The van der Waals surface area contributed by atoms with Crippen molar-refractivity contribution in [2.45, 2.75) is 32.1 Å². The van der Waals surface area contributed by atoms with Gasteiger partial charge in [0.25, 0.3) is 0 Å². The van der Waals surface area contributed by atoms with Crippen molar-refractivity contribution in [1.82, 2.24) is 10.2 Å². The van der Waals surface area contributed by atoms with Gasteiger partial charge in [0.15, 0.2) is 0 Å². The van der Waals surface area contributed by atoms with Gasteiger partial charge in [-0.15, -0.1) is 0 Å². The third kappa shape index (κ3) is 6.46. The molecule has 1 aliphatic heterocycles. The zero-order valence-electron chi connectivity index (χ0n) is 14.8. The highest BCUT2D eigenvalue weighted by atomic mass is 19.1. The van der Waals surface area contributed by atoms with Crippen molar-refractivity contribution < 1.29 is 18.7 Å². The van der Waals surface area contributed by atoms with Gasteiger partial charge in [-0.25, -0.2) is 4.39 Å². The molecule has 0 atom stereocenters. The van der Waals surface area contributed by atoms with E-state index in [1.165, 1.54) is 12.1 Å². The van der Waals surface area contributed by atoms with Crippen molar-refractivity contribution in [3.05, 3.63) is 35.6 Å². The van der Waals surface area contributed by atoms with Crippen LogP contribution in [0.2, 0.25) is 0 Å². The fourth-order valence-corrected chi connectivity index (χ4v) is 3.02. The molecule has 2 rings (SSSR count). The van der Waals surface area contributed by atoms with Crippen LogP contribution in [0, 0.1) is 11.7 Å². The van der Waals surface area contributed by atoms with Crippen LogP contribution in [0.25, 0.3) is 0 Å². The summed E-state index contributed by atoms with van der Waals surface area (Å²) < 4.78 is 17.8. The minimum Gasteiger partial charge on any atom is -0.385 e. The van der Waals surface area contributed by atoms with Crippen LogP contribution in [0.1, 0.15) is 31.2 Å². The normalized spacial score (nSPS) is 15.2. The molecular formula is C19H27FN2O3. The average Bonchev–Trinajstić information content (AvgIpc) is 2.64. The highest BCUT2D eigenvalue weighted by Crippen LogP contribution is 2.18. The second-order valence-corrected chi connectivity index (χ2v) is 6.42. The van der Waals surface area contributed by atoms with Crippen molar-refractivity contribution in [3.8, 4) is 0 Å². The molecule has 0 unspecified atom stereocenters. The molecule has 1 N–H and O–H groups in total. The SMILES string of the molecule is COCCCNC(=O)C1CCN(C(=O)CCc2ccc(F)cc2)CC1. The summed E-state index contributed by atoms with van der Waals surface area (Å²) in [5.74, 6) is -0.0980. The summed E-state index contributed by atoms with van der Waals surface area (Å²) in [7, 11) is 1.64. The molecule has 1 fully saturated rings. The number of hydrogen-bond donors (Lipinski definition) is 1. The fourth-order valence-electron chi connectivity index (χ4n) is 3.02. The van der Waals surface area contributed by atoms with Crippen LogP contribution in [-0.2, 0) is 20.7 Å². The number of carbonyl (C=O) groups excluding carboxylic acids is 2. The lowest BCUT2D eigenvalue weighted by Gasteiger charge is -2.31. The number of likely N-dealkylation sites (tertiary alicyclic amines) is 1. The van der Waals surface area contributed by atoms with Crippen molar-refractivity contribution in [3.63, 3.8) is 0 Å². The quantitative estimate of drug-likeness (QED) is 0.731. The number of nitrogens with one attached hydrogen (secondary N) is 1. The van der Waals surface area contributed by atoms with E-state index in [4.69, 9.17) is 4.74 Å². The van der Waals surface area contributed by atoms with Gasteiger partial charge in [-0.3, -0.25) is 9.59 Å². The van der Waals surface area contributed by atoms with Gasteiger partial charge in [0.2, 0.25) is 11.8 Å². The standard InChI is InChI=1S/C19H27FN2O3/c1-25-14-2-11-21-19(24)16-9-12-22(13-10-16)18(23)8-5-15-3-6-17(20)7-4-15/h3-4,6-7,16H,2,5,8-14H2,1H3,(H,21,24). The Morgan fingerprint density at radius 2 is 1.92 bits per heavy atom. The summed E-state index contributed by atoms with van der Waals surface area (Å²) in [5, 5.41) is 2.93. The third-order valence-corrected chi connectivity index (χ3v) is 4.58. The van der Waals surface area contributed by atoms with Crippen LogP contribution < -0.4 is 5.32 Å². The molecule has 0 spiro atoms. The van der Waals surface area contributed by atoms with E-state index in [1.54, 1.807) is 19.2 Å². The lowest BCUT2D eigenvalue weighted by Crippen LogP contribution is -2.43. The summed E-state index contributed by atoms with van der Waals surface area (Å²) in [6.07, 6.45) is 3.25. The maximum Gasteiger partial charge on any atom is 0.223 e. The number of halogens is 1. The number of ether oxygens (including phenoxy) is 1. The fraction of sp³-hybridized carbons (Fsp3) is 0.579. The van der Waals surface area contributed by atoms with Gasteiger partial charge in [-0.2, -0.15) is 0 Å². The first kappa shape index (κ1) is 19.4. The number of hydrogen-bond acceptors (Lipinski definition) is 3. The molecule has 0 aromatic heterocycles. The van der Waals surface area contributed by atoms with Crippen molar-refractivity contribution in [2.75, 3.05) is 33.4 Å². The predicted molar refractivity (Wildman–Crippen MR) is 93.5 cm³/mol. The molecule has 0 saturated carbocycles. The van der Waals surface area contributed by atoms with Gasteiger partial charge in [-0.1, -0.05) is 12.1 Å². The van der Waals surface area contributed by atoms with E-state index in [-0.39, 0.29) is 23.5 Å².